The van der Waals surface area contributed by atoms with E-state index in [1.807, 2.05) is 0 Å². The van der Waals surface area contributed by atoms with Crippen LogP contribution >= 0.6 is 0 Å². The summed E-state index contributed by atoms with van der Waals surface area (Å²) in [5.41, 5.74) is 0.536. The van der Waals surface area contributed by atoms with Gasteiger partial charge in [0.15, 0.2) is 6.10 Å². The van der Waals surface area contributed by atoms with Crippen LogP contribution in [0, 0.1) is 6.92 Å². The molecular weight excluding hydrogens is 291 g/mol. The number of aryl methyl sites for hydroxylation is 1. The second kappa shape index (κ2) is 6.48. The Balaban J connectivity index is 2.84. The van der Waals surface area contributed by atoms with Crippen molar-refractivity contribution in [1.29, 1.82) is 0 Å². The summed E-state index contributed by atoms with van der Waals surface area (Å²) >= 11 is 0. The Labute approximate surface area is 120 Å². The van der Waals surface area contributed by atoms with Gasteiger partial charge in [0.25, 0.3) is 0 Å². The number of carbonyl (C=O) groups excluding carboxylic acids is 1. The van der Waals surface area contributed by atoms with E-state index in [2.05, 4.69) is 4.74 Å². The molecule has 0 bridgehead atoms. The number of likely N-dealkylation sites (N-methyl/N-ethyl adjacent to an activating group) is 1. The third-order valence-corrected chi connectivity index (χ3v) is 3.22. The van der Waals surface area contributed by atoms with Gasteiger partial charge in [-0.1, -0.05) is 0 Å². The van der Waals surface area contributed by atoms with E-state index in [4.69, 9.17) is 9.52 Å². The third-order valence-electron chi connectivity index (χ3n) is 3.22. The number of methoxy groups -OCH3 is 1. The molecule has 0 saturated carbocycles. The number of rotatable bonds is 5. The van der Waals surface area contributed by atoms with Gasteiger partial charge in [-0.05, 0) is 27.0 Å². The first-order valence-electron chi connectivity index (χ1n) is 6.21. The van der Waals surface area contributed by atoms with Gasteiger partial charge < -0.3 is 14.3 Å². The molecular formula is C13H18F3NO4. The molecule has 0 amide bonds. The summed E-state index contributed by atoms with van der Waals surface area (Å²) in [6, 6.07) is 1.02. The average Bonchev–Trinajstić information content (AvgIpc) is 2.77. The standard InChI is InChI=1S/C13H18F3NO4/c1-7-5-9(21-11(7)12(19)20-4)8(2)17(3)6-10(18)13(14,15)16/h5,8,10,18H,6H2,1-4H3. The highest BCUT2D eigenvalue weighted by atomic mass is 19.4. The Morgan fingerprint density at radius 1 is 1.52 bits per heavy atom. The molecule has 0 aliphatic rings. The summed E-state index contributed by atoms with van der Waals surface area (Å²) in [4.78, 5) is 12.7. The fourth-order valence-electron chi connectivity index (χ4n) is 1.76. The van der Waals surface area contributed by atoms with Crippen LogP contribution in [0.2, 0.25) is 0 Å². The lowest BCUT2D eigenvalue weighted by Crippen LogP contribution is -2.40. The van der Waals surface area contributed by atoms with Crippen LogP contribution < -0.4 is 0 Å². The van der Waals surface area contributed by atoms with Gasteiger partial charge in [-0.25, -0.2) is 4.79 Å². The van der Waals surface area contributed by atoms with Gasteiger partial charge in [0.1, 0.15) is 5.76 Å². The molecule has 5 nitrogen and oxygen atoms in total. The SMILES string of the molecule is COC(=O)c1oc(C(C)N(C)CC(O)C(F)(F)F)cc1C. The minimum Gasteiger partial charge on any atom is -0.463 e. The lowest BCUT2D eigenvalue weighted by Gasteiger charge is -2.26. The van der Waals surface area contributed by atoms with Gasteiger partial charge in [-0.15, -0.1) is 0 Å². The maximum atomic E-state index is 12.3. The number of ether oxygens (including phenoxy) is 1. The molecule has 2 unspecified atom stereocenters. The molecule has 1 aromatic heterocycles. The highest BCUT2D eigenvalue weighted by Gasteiger charge is 2.39. The third kappa shape index (κ3) is 4.21. The first-order chi connectivity index (χ1) is 9.57. The highest BCUT2D eigenvalue weighted by Crippen LogP contribution is 2.27. The Hall–Kier alpha value is -1.54. The topological polar surface area (TPSA) is 62.9 Å². The second-order valence-corrected chi connectivity index (χ2v) is 4.83. The molecule has 0 radical (unpaired) electrons. The lowest BCUT2D eigenvalue weighted by molar-refractivity contribution is -0.208. The van der Waals surface area contributed by atoms with Crippen molar-refractivity contribution < 1.29 is 32.2 Å². The van der Waals surface area contributed by atoms with E-state index in [0.717, 1.165) is 0 Å². The van der Waals surface area contributed by atoms with Gasteiger partial charge in [0.05, 0.1) is 13.2 Å². The number of aliphatic hydroxyl groups excluding tert-OH is 1. The number of hydrogen-bond acceptors (Lipinski definition) is 5. The molecule has 0 aliphatic carbocycles. The summed E-state index contributed by atoms with van der Waals surface area (Å²) in [6.45, 7) is 2.65. The molecule has 1 heterocycles. The zero-order valence-corrected chi connectivity index (χ0v) is 12.2. The zero-order valence-electron chi connectivity index (χ0n) is 12.2. The molecule has 0 fully saturated rings. The number of carbonyl (C=O) groups is 1. The predicted octanol–water partition coefficient (Wildman–Crippen LogP) is 2.29. The summed E-state index contributed by atoms with van der Waals surface area (Å²) < 4.78 is 46.9. The van der Waals surface area contributed by atoms with Crippen molar-refractivity contribution in [3.05, 3.63) is 23.2 Å². The minimum atomic E-state index is -4.68. The van der Waals surface area contributed by atoms with Crippen molar-refractivity contribution in [3.63, 3.8) is 0 Å². The molecule has 0 aliphatic heterocycles. The van der Waals surface area contributed by atoms with Crippen LogP contribution in [0.25, 0.3) is 0 Å². The molecule has 0 aromatic carbocycles. The maximum absolute atomic E-state index is 12.3. The van der Waals surface area contributed by atoms with E-state index in [-0.39, 0.29) is 5.76 Å². The Morgan fingerprint density at radius 3 is 2.57 bits per heavy atom. The molecule has 8 heteroatoms. The molecule has 21 heavy (non-hydrogen) atoms. The van der Waals surface area contributed by atoms with E-state index < -0.39 is 30.8 Å². The quantitative estimate of drug-likeness (QED) is 0.846. The molecule has 1 aromatic rings. The number of alkyl halides is 3. The molecule has 0 saturated heterocycles. The molecule has 2 atom stereocenters. The number of halogens is 3. The first-order valence-corrected chi connectivity index (χ1v) is 6.21. The smallest absolute Gasteiger partial charge is 0.415 e. The lowest BCUT2D eigenvalue weighted by atomic mass is 10.2. The van der Waals surface area contributed by atoms with E-state index in [1.54, 1.807) is 19.9 Å². The molecule has 1 N–H and O–H groups in total. The summed E-state index contributed by atoms with van der Waals surface area (Å²) in [6.07, 6.45) is -7.12. The van der Waals surface area contributed by atoms with E-state index >= 15 is 0 Å². The van der Waals surface area contributed by atoms with Crippen LogP contribution in [0.1, 0.15) is 34.8 Å². The van der Waals surface area contributed by atoms with Gasteiger partial charge in [0.2, 0.25) is 5.76 Å². The van der Waals surface area contributed by atoms with Crippen molar-refractivity contribution in [3.8, 4) is 0 Å². The predicted molar refractivity (Wildman–Crippen MR) is 67.9 cm³/mol. The second-order valence-electron chi connectivity index (χ2n) is 4.83. The number of hydrogen-bond donors (Lipinski definition) is 1. The number of aliphatic hydroxyl groups is 1. The van der Waals surface area contributed by atoms with Crippen molar-refractivity contribution in [2.75, 3.05) is 20.7 Å². The number of esters is 1. The van der Waals surface area contributed by atoms with Crippen LogP contribution in [0.5, 0.6) is 0 Å². The monoisotopic (exact) mass is 309 g/mol. The van der Waals surface area contributed by atoms with E-state index in [1.165, 1.54) is 19.1 Å². The summed E-state index contributed by atoms with van der Waals surface area (Å²) in [5, 5.41) is 9.07. The number of nitrogens with zero attached hydrogens (tertiary/aromatic N) is 1. The Morgan fingerprint density at radius 2 is 2.10 bits per heavy atom. The van der Waals surface area contributed by atoms with Gasteiger partial charge in [-0.2, -0.15) is 13.2 Å². The fraction of sp³-hybridized carbons (Fsp3) is 0.615. The van der Waals surface area contributed by atoms with Crippen LogP contribution in [-0.2, 0) is 4.74 Å². The van der Waals surface area contributed by atoms with E-state index in [9.17, 15) is 18.0 Å². The number of furan rings is 1. The van der Waals surface area contributed by atoms with Gasteiger partial charge in [0, 0.05) is 12.1 Å². The van der Waals surface area contributed by atoms with Crippen LogP contribution in [0.3, 0.4) is 0 Å². The molecule has 120 valence electrons. The first kappa shape index (κ1) is 17.5. The van der Waals surface area contributed by atoms with Crippen molar-refractivity contribution in [2.45, 2.75) is 32.2 Å². The van der Waals surface area contributed by atoms with E-state index in [0.29, 0.717) is 11.3 Å². The average molecular weight is 309 g/mol. The minimum absolute atomic E-state index is 0.0177. The molecule has 0 spiro atoms. The van der Waals surface area contributed by atoms with Gasteiger partial charge >= 0.3 is 12.1 Å². The Kier molecular flexibility index (Phi) is 5.41. The van der Waals surface area contributed by atoms with Crippen LogP contribution in [-0.4, -0.2) is 49.0 Å². The normalized spacial score (nSPS) is 15.1. The molecule has 1 rings (SSSR count). The fourth-order valence-corrected chi connectivity index (χ4v) is 1.76. The highest BCUT2D eigenvalue weighted by molar-refractivity contribution is 5.87. The van der Waals surface area contributed by atoms with Crippen molar-refractivity contribution in [2.24, 2.45) is 0 Å². The van der Waals surface area contributed by atoms with Crippen LogP contribution in [0.4, 0.5) is 13.2 Å². The van der Waals surface area contributed by atoms with Crippen LogP contribution in [0.15, 0.2) is 10.5 Å². The van der Waals surface area contributed by atoms with Crippen molar-refractivity contribution >= 4 is 5.97 Å². The summed E-state index contributed by atoms with van der Waals surface area (Å²) in [7, 11) is 2.63. The zero-order chi connectivity index (χ0) is 16.4. The maximum Gasteiger partial charge on any atom is 0.415 e. The summed E-state index contributed by atoms with van der Waals surface area (Å²) in [5.74, 6) is -0.308. The van der Waals surface area contributed by atoms with Crippen molar-refractivity contribution in [1.82, 2.24) is 4.90 Å². The van der Waals surface area contributed by atoms with Gasteiger partial charge in [-0.3, -0.25) is 4.90 Å². The Bertz CT molecular complexity index is 498. The largest absolute Gasteiger partial charge is 0.463 e.